The average Bonchev–Trinajstić information content (AvgIpc) is 2.28. The summed E-state index contributed by atoms with van der Waals surface area (Å²) in [6, 6.07) is 8.56. The molecular formula is C15H25NO. The van der Waals surface area contributed by atoms with E-state index in [2.05, 4.69) is 50.4 Å². The minimum Gasteiger partial charge on any atom is -0.380 e. The zero-order valence-electron chi connectivity index (χ0n) is 11.5. The number of methoxy groups -OCH3 is 1. The van der Waals surface area contributed by atoms with Gasteiger partial charge in [-0.1, -0.05) is 37.6 Å². The third kappa shape index (κ3) is 5.33. The van der Waals surface area contributed by atoms with Gasteiger partial charge in [-0.15, -0.1) is 0 Å². The van der Waals surface area contributed by atoms with Crippen molar-refractivity contribution in [1.29, 1.82) is 0 Å². The van der Waals surface area contributed by atoms with Gasteiger partial charge >= 0.3 is 0 Å². The molecule has 1 aromatic rings. The fraction of sp³-hybridized carbons (Fsp3) is 0.600. The van der Waals surface area contributed by atoms with E-state index in [0.717, 1.165) is 6.54 Å². The fourth-order valence-corrected chi connectivity index (χ4v) is 2.05. The van der Waals surface area contributed by atoms with Crippen molar-refractivity contribution in [3.05, 3.63) is 35.4 Å². The third-order valence-corrected chi connectivity index (χ3v) is 2.95. The first-order valence-electron chi connectivity index (χ1n) is 6.39. The van der Waals surface area contributed by atoms with Crippen molar-refractivity contribution in [2.75, 3.05) is 7.11 Å². The van der Waals surface area contributed by atoms with E-state index in [4.69, 9.17) is 4.74 Å². The van der Waals surface area contributed by atoms with Gasteiger partial charge in [-0.25, -0.2) is 0 Å². The first kappa shape index (κ1) is 14.2. The first-order valence-corrected chi connectivity index (χ1v) is 6.39. The van der Waals surface area contributed by atoms with E-state index in [-0.39, 0.29) is 5.54 Å². The van der Waals surface area contributed by atoms with Gasteiger partial charge in [0.15, 0.2) is 0 Å². The van der Waals surface area contributed by atoms with Crippen molar-refractivity contribution in [2.45, 2.75) is 52.3 Å². The average molecular weight is 235 g/mol. The molecule has 0 atom stereocenters. The maximum Gasteiger partial charge on any atom is 0.0713 e. The first-order chi connectivity index (χ1) is 8.07. The zero-order valence-corrected chi connectivity index (χ0v) is 11.5. The van der Waals surface area contributed by atoms with Gasteiger partial charge in [0.25, 0.3) is 0 Å². The van der Waals surface area contributed by atoms with Crippen LogP contribution in [0, 0.1) is 0 Å². The van der Waals surface area contributed by atoms with Gasteiger partial charge in [0.2, 0.25) is 0 Å². The Morgan fingerprint density at radius 2 is 1.94 bits per heavy atom. The molecule has 0 radical (unpaired) electrons. The summed E-state index contributed by atoms with van der Waals surface area (Å²) >= 11 is 0. The molecule has 2 nitrogen and oxygen atoms in total. The van der Waals surface area contributed by atoms with Crippen molar-refractivity contribution >= 4 is 0 Å². The zero-order chi connectivity index (χ0) is 12.7. The number of hydrogen-bond donors (Lipinski definition) is 1. The Kier molecular flexibility index (Phi) is 5.66. The van der Waals surface area contributed by atoms with Gasteiger partial charge in [0, 0.05) is 19.2 Å². The Hall–Kier alpha value is -0.860. The van der Waals surface area contributed by atoms with E-state index in [9.17, 15) is 0 Å². The van der Waals surface area contributed by atoms with Crippen LogP contribution in [0.15, 0.2) is 24.3 Å². The van der Waals surface area contributed by atoms with Crippen molar-refractivity contribution in [3.8, 4) is 0 Å². The van der Waals surface area contributed by atoms with Crippen LogP contribution in [-0.2, 0) is 17.9 Å². The van der Waals surface area contributed by atoms with E-state index in [1.807, 2.05) is 0 Å². The molecule has 0 fully saturated rings. The molecule has 0 aliphatic rings. The van der Waals surface area contributed by atoms with E-state index in [1.54, 1.807) is 7.11 Å². The molecule has 17 heavy (non-hydrogen) atoms. The molecule has 0 aliphatic heterocycles. The molecule has 0 amide bonds. The van der Waals surface area contributed by atoms with Gasteiger partial charge in [0.05, 0.1) is 6.61 Å². The van der Waals surface area contributed by atoms with Crippen molar-refractivity contribution in [3.63, 3.8) is 0 Å². The number of ether oxygens (including phenoxy) is 1. The van der Waals surface area contributed by atoms with Gasteiger partial charge in [-0.3, -0.25) is 0 Å². The van der Waals surface area contributed by atoms with Crippen LogP contribution in [0.5, 0.6) is 0 Å². The highest BCUT2D eigenvalue weighted by molar-refractivity contribution is 5.23. The highest BCUT2D eigenvalue weighted by Gasteiger charge is 2.14. The predicted octanol–water partition coefficient (Wildman–Crippen LogP) is 3.50. The number of nitrogens with one attached hydrogen (secondary N) is 1. The van der Waals surface area contributed by atoms with Crippen LogP contribution in [0.3, 0.4) is 0 Å². The molecule has 1 aromatic carbocycles. The highest BCUT2D eigenvalue weighted by atomic mass is 16.5. The Morgan fingerprint density at radius 1 is 1.24 bits per heavy atom. The van der Waals surface area contributed by atoms with E-state index >= 15 is 0 Å². The Bertz CT molecular complexity index is 333. The van der Waals surface area contributed by atoms with Crippen molar-refractivity contribution < 1.29 is 4.74 Å². The SMILES string of the molecule is CCCC(C)(C)NCc1cccc(COC)c1. The minimum absolute atomic E-state index is 0.214. The second-order valence-corrected chi connectivity index (χ2v) is 5.24. The van der Waals surface area contributed by atoms with Crippen LogP contribution in [0.25, 0.3) is 0 Å². The quantitative estimate of drug-likeness (QED) is 0.781. The summed E-state index contributed by atoms with van der Waals surface area (Å²) in [7, 11) is 1.73. The van der Waals surface area contributed by atoms with Gasteiger partial charge in [-0.05, 0) is 31.4 Å². The Morgan fingerprint density at radius 3 is 2.59 bits per heavy atom. The molecule has 1 rings (SSSR count). The van der Waals surface area contributed by atoms with Crippen LogP contribution >= 0.6 is 0 Å². The normalized spacial score (nSPS) is 11.8. The second-order valence-electron chi connectivity index (χ2n) is 5.24. The summed E-state index contributed by atoms with van der Waals surface area (Å²) in [5, 5.41) is 3.60. The summed E-state index contributed by atoms with van der Waals surface area (Å²) in [4.78, 5) is 0. The molecule has 0 aromatic heterocycles. The number of rotatable bonds is 7. The molecule has 0 saturated carbocycles. The predicted molar refractivity (Wildman–Crippen MR) is 73.0 cm³/mol. The lowest BCUT2D eigenvalue weighted by atomic mass is 9.98. The number of hydrogen-bond acceptors (Lipinski definition) is 2. The molecule has 0 bridgehead atoms. The molecule has 2 heteroatoms. The molecule has 1 N–H and O–H groups in total. The molecule has 0 aliphatic carbocycles. The second kappa shape index (κ2) is 6.77. The van der Waals surface area contributed by atoms with Crippen LogP contribution in [0.2, 0.25) is 0 Å². The van der Waals surface area contributed by atoms with E-state index in [1.165, 1.54) is 24.0 Å². The summed E-state index contributed by atoms with van der Waals surface area (Å²) in [5.41, 5.74) is 2.77. The smallest absolute Gasteiger partial charge is 0.0713 e. The van der Waals surface area contributed by atoms with Crippen LogP contribution in [-0.4, -0.2) is 12.6 Å². The molecule has 0 unspecified atom stereocenters. The van der Waals surface area contributed by atoms with Crippen molar-refractivity contribution in [2.24, 2.45) is 0 Å². The standard InChI is InChI=1S/C15H25NO/c1-5-9-15(2,3)16-11-13-7-6-8-14(10-13)12-17-4/h6-8,10,16H,5,9,11-12H2,1-4H3. The maximum atomic E-state index is 5.15. The summed E-state index contributed by atoms with van der Waals surface area (Å²) in [5.74, 6) is 0. The van der Waals surface area contributed by atoms with Crippen LogP contribution in [0.1, 0.15) is 44.7 Å². The maximum absolute atomic E-state index is 5.15. The fourth-order valence-electron chi connectivity index (χ4n) is 2.05. The van der Waals surface area contributed by atoms with E-state index < -0.39 is 0 Å². The lowest BCUT2D eigenvalue weighted by Gasteiger charge is -2.26. The monoisotopic (exact) mass is 235 g/mol. The summed E-state index contributed by atoms with van der Waals surface area (Å²) in [6.45, 7) is 8.35. The van der Waals surface area contributed by atoms with E-state index in [0.29, 0.717) is 6.61 Å². The van der Waals surface area contributed by atoms with Gasteiger partial charge < -0.3 is 10.1 Å². The van der Waals surface area contributed by atoms with Crippen molar-refractivity contribution in [1.82, 2.24) is 5.32 Å². The summed E-state index contributed by atoms with van der Waals surface area (Å²) in [6.07, 6.45) is 2.41. The Labute approximate surface area is 105 Å². The number of benzene rings is 1. The molecule has 0 saturated heterocycles. The topological polar surface area (TPSA) is 21.3 Å². The van der Waals surface area contributed by atoms with Gasteiger partial charge in [0.1, 0.15) is 0 Å². The largest absolute Gasteiger partial charge is 0.380 e. The summed E-state index contributed by atoms with van der Waals surface area (Å²) < 4.78 is 5.15. The molecule has 96 valence electrons. The van der Waals surface area contributed by atoms with Crippen LogP contribution < -0.4 is 5.32 Å². The van der Waals surface area contributed by atoms with Gasteiger partial charge in [-0.2, -0.15) is 0 Å². The lowest BCUT2D eigenvalue weighted by molar-refractivity contribution is 0.185. The molecular weight excluding hydrogens is 210 g/mol. The highest BCUT2D eigenvalue weighted by Crippen LogP contribution is 2.13. The molecule has 0 heterocycles. The third-order valence-electron chi connectivity index (χ3n) is 2.95. The van der Waals surface area contributed by atoms with Crippen LogP contribution in [0.4, 0.5) is 0 Å². The molecule has 0 spiro atoms. The minimum atomic E-state index is 0.214. The lowest BCUT2D eigenvalue weighted by Crippen LogP contribution is -2.38. The Balaban J connectivity index is 2.53.